The van der Waals surface area contributed by atoms with Gasteiger partial charge in [0.15, 0.2) is 5.96 Å². The van der Waals surface area contributed by atoms with E-state index in [-0.39, 0.29) is 0 Å². The quantitative estimate of drug-likeness (QED) is 0.262. The molecule has 2 N–H and O–H groups in total. The van der Waals surface area contributed by atoms with E-state index in [0.717, 1.165) is 32.1 Å². The Morgan fingerprint density at radius 3 is 2.29 bits per heavy atom. The fraction of sp³-hybridized carbons (Fsp3) is 0.688. The molecule has 5 nitrogen and oxygen atoms in total. The molecule has 0 spiro atoms. The van der Waals surface area contributed by atoms with Gasteiger partial charge < -0.3 is 15.4 Å². The summed E-state index contributed by atoms with van der Waals surface area (Å²) >= 11 is 0. The zero-order chi connectivity index (χ0) is 16.1. The number of nitrogens with one attached hydrogen (secondary N) is 2. The summed E-state index contributed by atoms with van der Waals surface area (Å²) in [7, 11) is 3.47. The first-order valence-corrected chi connectivity index (χ1v) is 7.49. The molecule has 21 heavy (non-hydrogen) atoms. The maximum Gasteiger partial charge on any atom is 0.191 e. The van der Waals surface area contributed by atoms with Gasteiger partial charge in [-0.2, -0.15) is 0 Å². The van der Waals surface area contributed by atoms with Crippen molar-refractivity contribution in [2.24, 2.45) is 10.9 Å². The van der Waals surface area contributed by atoms with Crippen LogP contribution in [0.25, 0.3) is 0 Å². The highest BCUT2D eigenvalue weighted by Gasteiger charge is 2.20. The van der Waals surface area contributed by atoms with Crippen LogP contribution >= 0.6 is 0 Å². The van der Waals surface area contributed by atoms with E-state index >= 15 is 0 Å². The zero-order valence-corrected chi connectivity index (χ0v) is 14.1. The van der Waals surface area contributed by atoms with E-state index in [1.165, 1.54) is 0 Å². The van der Waals surface area contributed by atoms with Crippen LogP contribution in [-0.4, -0.2) is 63.8 Å². The van der Waals surface area contributed by atoms with Crippen molar-refractivity contribution in [1.29, 1.82) is 0 Å². The van der Waals surface area contributed by atoms with Crippen LogP contribution in [0.5, 0.6) is 0 Å². The summed E-state index contributed by atoms with van der Waals surface area (Å²) in [6.45, 7) is 16.1. The summed E-state index contributed by atoms with van der Waals surface area (Å²) in [4.78, 5) is 6.58. The third-order valence-electron chi connectivity index (χ3n) is 3.27. The topological polar surface area (TPSA) is 48.9 Å². The van der Waals surface area contributed by atoms with Crippen LogP contribution in [0, 0.1) is 5.92 Å². The Bertz CT molecular complexity index is 305. The molecule has 0 heterocycles. The molecule has 122 valence electrons. The van der Waals surface area contributed by atoms with Gasteiger partial charge in [-0.1, -0.05) is 26.0 Å². The average Bonchev–Trinajstić information content (AvgIpc) is 2.45. The molecule has 0 saturated carbocycles. The van der Waals surface area contributed by atoms with E-state index < -0.39 is 0 Å². The molecular weight excluding hydrogens is 264 g/mol. The largest absolute Gasteiger partial charge is 0.383 e. The second-order valence-corrected chi connectivity index (χ2v) is 5.22. The molecule has 0 bridgehead atoms. The smallest absolute Gasteiger partial charge is 0.191 e. The van der Waals surface area contributed by atoms with Crippen LogP contribution in [-0.2, 0) is 4.74 Å². The SMILES string of the molecule is C=CCN(CC=C)C(CNC(=NC)NCCOC)C(C)C. The Labute approximate surface area is 130 Å². The van der Waals surface area contributed by atoms with Crippen LogP contribution in [0.15, 0.2) is 30.3 Å². The fourth-order valence-electron chi connectivity index (χ4n) is 2.16. The molecule has 0 rings (SSSR count). The summed E-state index contributed by atoms with van der Waals surface area (Å²) in [5.41, 5.74) is 0. The lowest BCUT2D eigenvalue weighted by atomic mass is 10.0. The summed E-state index contributed by atoms with van der Waals surface area (Å²) < 4.78 is 5.03. The number of hydrogen-bond acceptors (Lipinski definition) is 3. The minimum absolute atomic E-state index is 0.391. The van der Waals surface area contributed by atoms with Gasteiger partial charge in [-0.25, -0.2) is 0 Å². The molecule has 0 aromatic heterocycles. The van der Waals surface area contributed by atoms with Crippen molar-refractivity contribution in [3.8, 4) is 0 Å². The number of methoxy groups -OCH3 is 1. The molecule has 0 amide bonds. The first-order valence-electron chi connectivity index (χ1n) is 7.49. The number of rotatable bonds is 11. The van der Waals surface area contributed by atoms with Gasteiger partial charge in [0.25, 0.3) is 0 Å². The van der Waals surface area contributed by atoms with Gasteiger partial charge in [0.2, 0.25) is 0 Å². The lowest BCUT2D eigenvalue weighted by Gasteiger charge is -2.33. The van der Waals surface area contributed by atoms with Crippen molar-refractivity contribution in [2.45, 2.75) is 19.9 Å². The van der Waals surface area contributed by atoms with Crippen LogP contribution in [0.4, 0.5) is 0 Å². The molecule has 1 unspecified atom stereocenters. The van der Waals surface area contributed by atoms with Crippen molar-refractivity contribution >= 4 is 5.96 Å². The van der Waals surface area contributed by atoms with Crippen molar-refractivity contribution < 1.29 is 4.74 Å². The van der Waals surface area contributed by atoms with E-state index in [4.69, 9.17) is 4.74 Å². The van der Waals surface area contributed by atoms with Gasteiger partial charge in [-0.3, -0.25) is 9.89 Å². The molecule has 1 atom stereocenters. The van der Waals surface area contributed by atoms with Crippen molar-refractivity contribution in [3.63, 3.8) is 0 Å². The Morgan fingerprint density at radius 1 is 1.24 bits per heavy atom. The van der Waals surface area contributed by atoms with Gasteiger partial charge in [-0.05, 0) is 5.92 Å². The predicted molar refractivity (Wildman–Crippen MR) is 91.8 cm³/mol. The Hall–Kier alpha value is -1.33. The summed E-state index contributed by atoms with van der Waals surface area (Å²) in [5, 5.41) is 6.60. The molecule has 5 heteroatoms. The first kappa shape index (κ1) is 19.7. The maximum absolute atomic E-state index is 5.03. The van der Waals surface area contributed by atoms with Gasteiger partial charge in [0.05, 0.1) is 6.61 Å². The highest BCUT2D eigenvalue weighted by Crippen LogP contribution is 2.10. The predicted octanol–water partition coefficient (Wildman–Crippen LogP) is 1.50. The van der Waals surface area contributed by atoms with Gasteiger partial charge >= 0.3 is 0 Å². The van der Waals surface area contributed by atoms with E-state index in [2.05, 4.69) is 47.5 Å². The molecule has 0 saturated heterocycles. The second kappa shape index (κ2) is 12.4. The molecule has 0 aliphatic carbocycles. The van der Waals surface area contributed by atoms with E-state index in [1.807, 2.05) is 12.2 Å². The number of hydrogen-bond donors (Lipinski definition) is 2. The molecule has 0 fully saturated rings. The monoisotopic (exact) mass is 296 g/mol. The van der Waals surface area contributed by atoms with Crippen molar-refractivity contribution in [1.82, 2.24) is 15.5 Å². The standard InChI is InChI=1S/C16H32N4O/c1-7-10-20(11-8-2)15(14(3)4)13-19-16(17-5)18-9-12-21-6/h7-8,14-15H,1-2,9-13H2,3-6H3,(H2,17,18,19). The van der Waals surface area contributed by atoms with Gasteiger partial charge in [-0.15, -0.1) is 13.2 Å². The lowest BCUT2D eigenvalue weighted by molar-refractivity contribution is 0.189. The Balaban J connectivity index is 4.53. The van der Waals surface area contributed by atoms with Crippen LogP contribution in [0.3, 0.4) is 0 Å². The average molecular weight is 296 g/mol. The number of guanidine groups is 1. The normalized spacial score (nSPS) is 13.3. The van der Waals surface area contributed by atoms with Crippen LogP contribution < -0.4 is 10.6 Å². The number of nitrogens with zero attached hydrogens (tertiary/aromatic N) is 2. The molecule has 0 aromatic rings. The Kier molecular flexibility index (Phi) is 11.6. The first-order chi connectivity index (χ1) is 10.1. The molecule has 0 aromatic carbocycles. The van der Waals surface area contributed by atoms with Gasteiger partial charge in [0.1, 0.15) is 0 Å². The molecule has 0 aliphatic heterocycles. The van der Waals surface area contributed by atoms with Crippen molar-refractivity contribution in [2.75, 3.05) is 46.9 Å². The second-order valence-electron chi connectivity index (χ2n) is 5.22. The minimum atomic E-state index is 0.391. The molecule has 0 aliphatic rings. The van der Waals surface area contributed by atoms with Crippen LogP contribution in [0.1, 0.15) is 13.8 Å². The van der Waals surface area contributed by atoms with E-state index in [9.17, 15) is 0 Å². The van der Waals surface area contributed by atoms with E-state index in [1.54, 1.807) is 14.2 Å². The maximum atomic E-state index is 5.03. The van der Waals surface area contributed by atoms with E-state index in [0.29, 0.717) is 18.6 Å². The third-order valence-corrected chi connectivity index (χ3v) is 3.27. The minimum Gasteiger partial charge on any atom is -0.383 e. The van der Waals surface area contributed by atoms with Crippen LogP contribution in [0.2, 0.25) is 0 Å². The summed E-state index contributed by atoms with van der Waals surface area (Å²) in [6, 6.07) is 0.391. The Morgan fingerprint density at radius 2 is 1.86 bits per heavy atom. The number of aliphatic imine (C=N–C) groups is 1. The highest BCUT2D eigenvalue weighted by molar-refractivity contribution is 5.79. The third kappa shape index (κ3) is 8.52. The summed E-state index contributed by atoms with van der Waals surface area (Å²) in [6.07, 6.45) is 3.87. The highest BCUT2D eigenvalue weighted by atomic mass is 16.5. The summed E-state index contributed by atoms with van der Waals surface area (Å²) in [5.74, 6) is 1.32. The molecular formula is C16H32N4O. The fourth-order valence-corrected chi connectivity index (χ4v) is 2.16. The lowest BCUT2D eigenvalue weighted by Crippen LogP contribution is -2.49. The zero-order valence-electron chi connectivity index (χ0n) is 14.1. The van der Waals surface area contributed by atoms with Crippen molar-refractivity contribution in [3.05, 3.63) is 25.3 Å². The van der Waals surface area contributed by atoms with Gasteiger partial charge in [0, 0.05) is 46.4 Å². The molecule has 0 radical (unpaired) electrons. The number of ether oxygens (including phenoxy) is 1.